The normalized spacial score (nSPS) is 18.8. The minimum absolute atomic E-state index is 0.0128. The average Bonchev–Trinajstić information content (AvgIpc) is 2.97. The van der Waals surface area contributed by atoms with Crippen molar-refractivity contribution in [2.24, 2.45) is 5.41 Å². The Kier molecular flexibility index (Phi) is 7.10. The van der Waals surface area contributed by atoms with Crippen molar-refractivity contribution in [3.8, 4) is 0 Å². The molecule has 0 saturated heterocycles. The van der Waals surface area contributed by atoms with Crippen molar-refractivity contribution in [3.05, 3.63) is 70.9 Å². The first-order chi connectivity index (χ1) is 16.8. The highest BCUT2D eigenvalue weighted by Crippen LogP contribution is 2.48. The van der Waals surface area contributed by atoms with Crippen molar-refractivity contribution >= 4 is 29.0 Å². The largest absolute Gasteiger partial charge is 0.465 e. The summed E-state index contributed by atoms with van der Waals surface area (Å²) in [6.45, 7) is 6.31. The van der Waals surface area contributed by atoms with Gasteiger partial charge >= 0.3 is 5.97 Å². The van der Waals surface area contributed by atoms with Crippen molar-refractivity contribution in [1.82, 2.24) is 0 Å². The summed E-state index contributed by atoms with van der Waals surface area (Å²) in [4.78, 5) is 41.3. The Hall–Kier alpha value is -3.41. The zero-order valence-electron chi connectivity index (χ0n) is 21.0. The van der Waals surface area contributed by atoms with Crippen LogP contribution in [0.5, 0.6) is 0 Å². The van der Waals surface area contributed by atoms with Gasteiger partial charge in [-0.15, -0.1) is 0 Å². The Morgan fingerprint density at radius 1 is 1.06 bits per heavy atom. The molecule has 2 aromatic carbocycles. The summed E-state index contributed by atoms with van der Waals surface area (Å²) >= 11 is 0. The number of nitrogens with zero attached hydrogens (tertiary/aromatic N) is 1. The molecule has 0 aromatic heterocycles. The Labute approximate surface area is 207 Å². The molecule has 6 heteroatoms. The fourth-order valence-electron chi connectivity index (χ4n) is 5.14. The molecule has 2 aromatic rings. The minimum Gasteiger partial charge on any atom is -0.465 e. The number of hydrogen-bond acceptors (Lipinski definition) is 5. The smallest absolute Gasteiger partial charge is 0.337 e. The van der Waals surface area contributed by atoms with Gasteiger partial charge in [0.15, 0.2) is 5.78 Å². The van der Waals surface area contributed by atoms with Crippen molar-refractivity contribution in [2.75, 3.05) is 17.3 Å². The molecule has 4 rings (SSSR count). The van der Waals surface area contributed by atoms with Crippen molar-refractivity contribution < 1.29 is 19.1 Å². The Morgan fingerprint density at radius 2 is 1.77 bits per heavy atom. The van der Waals surface area contributed by atoms with Crippen LogP contribution in [0.2, 0.25) is 0 Å². The number of methoxy groups -OCH3 is 1. The van der Waals surface area contributed by atoms with Gasteiger partial charge < -0.3 is 10.1 Å². The lowest BCUT2D eigenvalue weighted by Gasteiger charge is -2.37. The number of anilines is 2. The van der Waals surface area contributed by atoms with E-state index in [2.05, 4.69) is 26.1 Å². The molecule has 1 N–H and O–H groups in total. The number of carbonyl (C=O) groups excluding carboxylic acids is 3. The maximum atomic E-state index is 13.8. The molecule has 1 unspecified atom stereocenters. The van der Waals surface area contributed by atoms with Gasteiger partial charge in [-0.2, -0.15) is 0 Å². The SMILES string of the molecule is CCCCCC(=O)N1c2ccccc2NC2=C(C(=O)CC(C)(C)C2)C1c1ccc(C(=O)OC)cc1. The van der Waals surface area contributed by atoms with E-state index < -0.39 is 12.0 Å². The molecular weight excluding hydrogens is 440 g/mol. The summed E-state index contributed by atoms with van der Waals surface area (Å²) in [5, 5.41) is 3.53. The summed E-state index contributed by atoms with van der Waals surface area (Å²) in [5.41, 5.74) is 4.12. The van der Waals surface area contributed by atoms with Crippen molar-refractivity contribution in [3.63, 3.8) is 0 Å². The second-order valence-electron chi connectivity index (χ2n) is 10.2. The second-order valence-corrected chi connectivity index (χ2v) is 10.2. The number of carbonyl (C=O) groups is 3. The zero-order chi connectivity index (χ0) is 25.2. The maximum absolute atomic E-state index is 13.8. The molecule has 0 saturated carbocycles. The predicted octanol–water partition coefficient (Wildman–Crippen LogP) is 6.20. The van der Waals surface area contributed by atoms with Gasteiger partial charge in [0.1, 0.15) is 0 Å². The van der Waals surface area contributed by atoms with E-state index in [1.165, 1.54) is 7.11 Å². The molecule has 1 heterocycles. The number of fused-ring (bicyclic) bond motifs is 1. The number of nitrogens with one attached hydrogen (secondary N) is 1. The summed E-state index contributed by atoms with van der Waals surface area (Å²) in [6.07, 6.45) is 4.31. The fraction of sp³-hybridized carbons (Fsp3) is 0.414. The van der Waals surface area contributed by atoms with E-state index in [1.54, 1.807) is 17.0 Å². The van der Waals surface area contributed by atoms with E-state index in [0.717, 1.165) is 41.9 Å². The number of rotatable bonds is 6. The van der Waals surface area contributed by atoms with Crippen LogP contribution in [0.4, 0.5) is 11.4 Å². The first-order valence-corrected chi connectivity index (χ1v) is 12.4. The number of amides is 1. The van der Waals surface area contributed by atoms with Gasteiger partial charge in [-0.25, -0.2) is 4.79 Å². The first kappa shape index (κ1) is 24.7. The topological polar surface area (TPSA) is 75.7 Å². The molecule has 1 amide bonds. The Morgan fingerprint density at radius 3 is 2.46 bits per heavy atom. The maximum Gasteiger partial charge on any atom is 0.337 e. The van der Waals surface area contributed by atoms with Crippen LogP contribution >= 0.6 is 0 Å². The molecule has 35 heavy (non-hydrogen) atoms. The quantitative estimate of drug-likeness (QED) is 0.399. The highest BCUT2D eigenvalue weighted by atomic mass is 16.5. The monoisotopic (exact) mass is 474 g/mol. The average molecular weight is 475 g/mol. The van der Waals surface area contributed by atoms with Crippen LogP contribution < -0.4 is 10.2 Å². The van der Waals surface area contributed by atoms with Crippen LogP contribution in [0.3, 0.4) is 0 Å². The van der Waals surface area contributed by atoms with Crippen molar-refractivity contribution in [1.29, 1.82) is 0 Å². The van der Waals surface area contributed by atoms with E-state index in [1.807, 2.05) is 36.4 Å². The third-order valence-corrected chi connectivity index (χ3v) is 6.81. The van der Waals surface area contributed by atoms with Crippen LogP contribution in [0, 0.1) is 5.41 Å². The number of esters is 1. The molecular formula is C29H34N2O4. The molecule has 0 bridgehead atoms. The lowest BCUT2D eigenvalue weighted by molar-refractivity contribution is -0.119. The second kappa shape index (κ2) is 10.1. The summed E-state index contributed by atoms with van der Waals surface area (Å²) in [6, 6.07) is 14.2. The third-order valence-electron chi connectivity index (χ3n) is 6.81. The molecule has 0 radical (unpaired) electrons. The summed E-state index contributed by atoms with van der Waals surface area (Å²) < 4.78 is 4.85. The number of para-hydroxylation sites is 2. The number of ketones is 1. The number of benzene rings is 2. The highest BCUT2D eigenvalue weighted by molar-refractivity contribution is 6.06. The number of unbranched alkanes of at least 4 members (excludes halogenated alkanes) is 2. The fourth-order valence-corrected chi connectivity index (χ4v) is 5.14. The summed E-state index contributed by atoms with van der Waals surface area (Å²) in [7, 11) is 1.35. The van der Waals surface area contributed by atoms with Gasteiger partial charge in [-0.1, -0.05) is 57.9 Å². The van der Waals surface area contributed by atoms with Crippen LogP contribution in [0.15, 0.2) is 59.8 Å². The summed E-state index contributed by atoms with van der Waals surface area (Å²) in [5.74, 6) is -0.390. The van der Waals surface area contributed by atoms with E-state index in [-0.39, 0.29) is 17.1 Å². The van der Waals surface area contributed by atoms with Gasteiger partial charge in [-0.3, -0.25) is 14.5 Å². The zero-order valence-corrected chi connectivity index (χ0v) is 21.0. The molecule has 0 fully saturated rings. The van der Waals surface area contributed by atoms with Crippen LogP contribution in [0.25, 0.3) is 0 Å². The lowest BCUT2D eigenvalue weighted by Crippen LogP contribution is -2.39. The molecule has 184 valence electrons. The van der Waals surface area contributed by atoms with Crippen LogP contribution in [0.1, 0.15) is 81.3 Å². The van der Waals surface area contributed by atoms with Gasteiger partial charge in [0.05, 0.1) is 30.1 Å². The van der Waals surface area contributed by atoms with Gasteiger partial charge in [0.25, 0.3) is 0 Å². The van der Waals surface area contributed by atoms with Gasteiger partial charge in [0, 0.05) is 24.1 Å². The van der Waals surface area contributed by atoms with E-state index in [0.29, 0.717) is 30.4 Å². The molecule has 6 nitrogen and oxygen atoms in total. The molecule has 1 aliphatic heterocycles. The van der Waals surface area contributed by atoms with Crippen LogP contribution in [-0.2, 0) is 14.3 Å². The Bertz CT molecular complexity index is 1160. The molecule has 0 spiro atoms. The molecule has 1 aliphatic carbocycles. The molecule has 2 aliphatic rings. The van der Waals surface area contributed by atoms with Gasteiger partial charge in [0.2, 0.25) is 5.91 Å². The number of Topliss-reactive ketones (excluding diaryl/α,β-unsaturated/α-hetero) is 1. The van der Waals surface area contributed by atoms with E-state index in [4.69, 9.17) is 4.74 Å². The lowest BCUT2D eigenvalue weighted by atomic mass is 9.73. The standard InChI is InChI=1S/C29H34N2O4/c1-5-6-7-12-25(33)31-23-11-9-8-10-21(23)30-22-17-29(2,3)18-24(32)26(22)27(31)19-13-15-20(16-14-19)28(34)35-4/h8-11,13-16,27,30H,5-7,12,17-18H2,1-4H3. The third kappa shape index (κ3) is 5.02. The minimum atomic E-state index is -0.578. The Balaban J connectivity index is 1.90. The first-order valence-electron chi connectivity index (χ1n) is 12.4. The van der Waals surface area contributed by atoms with Crippen LogP contribution in [-0.4, -0.2) is 24.8 Å². The number of hydrogen-bond donors (Lipinski definition) is 1. The number of allylic oxidation sites excluding steroid dienone is 1. The van der Waals surface area contributed by atoms with E-state index in [9.17, 15) is 14.4 Å². The van der Waals surface area contributed by atoms with Gasteiger partial charge in [-0.05, 0) is 48.1 Å². The highest BCUT2D eigenvalue weighted by Gasteiger charge is 2.43. The molecule has 1 atom stereocenters. The van der Waals surface area contributed by atoms with Crippen molar-refractivity contribution in [2.45, 2.75) is 65.3 Å². The van der Waals surface area contributed by atoms with E-state index >= 15 is 0 Å². The number of ether oxygens (including phenoxy) is 1. The predicted molar refractivity (Wildman–Crippen MR) is 137 cm³/mol.